The van der Waals surface area contributed by atoms with Crippen molar-refractivity contribution in [3.63, 3.8) is 0 Å². The minimum absolute atomic E-state index is 0.514. The van der Waals surface area contributed by atoms with Crippen LogP contribution in [-0.2, 0) is 18.6 Å². The molecule has 148 valence electrons. The minimum atomic E-state index is -1.25. The fourth-order valence-corrected chi connectivity index (χ4v) is 5.20. The maximum atomic E-state index is 10.9. The summed E-state index contributed by atoms with van der Waals surface area (Å²) in [6.07, 6.45) is 1.65. The molecule has 3 aromatic heterocycles. The van der Waals surface area contributed by atoms with Crippen LogP contribution in [0.25, 0.3) is 0 Å². The van der Waals surface area contributed by atoms with E-state index < -0.39 is 5.60 Å². The standard InChI is InChI=1S/C17H21N7OS3/c1-4-11-8-27-14(19-11)17(3,25)15-21-22-16(28-15)20-13-5-6-24(23-13)7-12-9-26-10(2)18-12/h8-9,25H,4-7H2,1-3H3,(H,20,22,23). The molecule has 1 unspecified atom stereocenters. The Kier molecular flexibility index (Phi) is 5.41. The van der Waals surface area contributed by atoms with Gasteiger partial charge in [0.05, 0.1) is 22.9 Å². The van der Waals surface area contributed by atoms with Gasteiger partial charge in [-0.15, -0.1) is 32.9 Å². The lowest BCUT2D eigenvalue weighted by molar-refractivity contribution is 0.101. The Bertz CT molecular complexity index is 990. The van der Waals surface area contributed by atoms with Gasteiger partial charge in [-0.05, 0) is 20.3 Å². The van der Waals surface area contributed by atoms with Gasteiger partial charge in [0.1, 0.15) is 10.8 Å². The van der Waals surface area contributed by atoms with Crippen molar-refractivity contribution in [2.75, 3.05) is 11.9 Å². The van der Waals surface area contributed by atoms with E-state index in [9.17, 15) is 5.11 Å². The summed E-state index contributed by atoms with van der Waals surface area (Å²) in [6.45, 7) is 7.30. The monoisotopic (exact) mass is 435 g/mol. The molecule has 28 heavy (non-hydrogen) atoms. The molecule has 0 spiro atoms. The normalized spacial score (nSPS) is 16.3. The van der Waals surface area contributed by atoms with Crippen LogP contribution in [0.5, 0.6) is 0 Å². The molecule has 8 nitrogen and oxygen atoms in total. The van der Waals surface area contributed by atoms with Gasteiger partial charge >= 0.3 is 0 Å². The number of amidine groups is 1. The van der Waals surface area contributed by atoms with Gasteiger partial charge in [0.15, 0.2) is 10.6 Å². The first-order valence-electron chi connectivity index (χ1n) is 8.95. The molecule has 3 aromatic rings. The van der Waals surface area contributed by atoms with E-state index in [-0.39, 0.29) is 0 Å². The molecule has 0 saturated heterocycles. The lowest BCUT2D eigenvalue weighted by Crippen LogP contribution is -2.22. The van der Waals surface area contributed by atoms with Crippen LogP contribution in [0.4, 0.5) is 5.13 Å². The second-order valence-electron chi connectivity index (χ2n) is 6.65. The third kappa shape index (κ3) is 4.07. The molecule has 4 rings (SSSR count). The maximum Gasteiger partial charge on any atom is 0.211 e. The first-order chi connectivity index (χ1) is 13.4. The largest absolute Gasteiger partial charge is 0.376 e. The zero-order chi connectivity index (χ0) is 19.7. The number of nitrogens with one attached hydrogen (secondary N) is 1. The highest BCUT2D eigenvalue weighted by atomic mass is 32.1. The minimum Gasteiger partial charge on any atom is -0.376 e. The molecule has 0 radical (unpaired) electrons. The summed E-state index contributed by atoms with van der Waals surface area (Å²) in [6, 6.07) is 0. The first kappa shape index (κ1) is 19.4. The SMILES string of the molecule is CCc1csc(C(C)(O)c2nnc(NC3=NN(Cc4csc(C)n4)CC3)s2)n1. The Hall–Kier alpha value is -1.95. The van der Waals surface area contributed by atoms with Crippen LogP contribution in [0, 0.1) is 6.92 Å². The van der Waals surface area contributed by atoms with Crippen LogP contribution < -0.4 is 5.32 Å². The van der Waals surface area contributed by atoms with Crippen molar-refractivity contribution in [3.05, 3.63) is 37.2 Å². The molecular weight excluding hydrogens is 414 g/mol. The van der Waals surface area contributed by atoms with E-state index in [0.717, 1.165) is 41.6 Å². The van der Waals surface area contributed by atoms with Gasteiger partial charge in [-0.25, -0.2) is 9.97 Å². The number of rotatable bonds is 6. The lowest BCUT2D eigenvalue weighted by atomic mass is 10.1. The average Bonchev–Trinajstić information content (AvgIpc) is 3.43. The quantitative estimate of drug-likeness (QED) is 0.613. The second-order valence-corrected chi connectivity index (χ2v) is 9.55. The Morgan fingerprint density at radius 1 is 1.18 bits per heavy atom. The molecule has 1 atom stereocenters. The third-order valence-electron chi connectivity index (χ3n) is 4.30. The summed E-state index contributed by atoms with van der Waals surface area (Å²) in [5.41, 5.74) is 0.761. The zero-order valence-electron chi connectivity index (χ0n) is 15.8. The van der Waals surface area contributed by atoms with Gasteiger partial charge in [0.2, 0.25) is 5.13 Å². The number of anilines is 1. The van der Waals surface area contributed by atoms with Gasteiger partial charge < -0.3 is 10.4 Å². The lowest BCUT2D eigenvalue weighted by Gasteiger charge is -2.16. The summed E-state index contributed by atoms with van der Waals surface area (Å²) < 4.78 is 0. The number of hydrogen-bond donors (Lipinski definition) is 2. The van der Waals surface area contributed by atoms with Crippen molar-refractivity contribution in [3.8, 4) is 0 Å². The molecule has 11 heteroatoms. The van der Waals surface area contributed by atoms with Gasteiger partial charge in [-0.1, -0.05) is 18.3 Å². The summed E-state index contributed by atoms with van der Waals surface area (Å²) in [4.78, 5) is 8.98. The highest BCUT2D eigenvalue weighted by Crippen LogP contribution is 2.34. The summed E-state index contributed by atoms with van der Waals surface area (Å²) in [5, 5.41) is 36.0. The molecule has 0 amide bonds. The van der Waals surface area contributed by atoms with Gasteiger partial charge in [-0.2, -0.15) is 5.10 Å². The predicted molar refractivity (Wildman–Crippen MR) is 113 cm³/mol. The molecule has 0 aromatic carbocycles. The van der Waals surface area contributed by atoms with Crippen LogP contribution in [0.15, 0.2) is 15.9 Å². The highest BCUT2D eigenvalue weighted by Gasteiger charge is 2.33. The van der Waals surface area contributed by atoms with Crippen molar-refractivity contribution in [1.29, 1.82) is 0 Å². The van der Waals surface area contributed by atoms with Crippen molar-refractivity contribution in [2.24, 2.45) is 5.10 Å². The van der Waals surface area contributed by atoms with Gasteiger partial charge in [-0.3, -0.25) is 5.01 Å². The van der Waals surface area contributed by atoms with E-state index in [1.54, 1.807) is 18.3 Å². The molecule has 0 fully saturated rings. The second kappa shape index (κ2) is 7.82. The van der Waals surface area contributed by atoms with E-state index in [0.29, 0.717) is 21.7 Å². The zero-order valence-corrected chi connectivity index (χ0v) is 18.3. The molecule has 0 bridgehead atoms. The summed E-state index contributed by atoms with van der Waals surface area (Å²) >= 11 is 4.41. The first-order valence-corrected chi connectivity index (χ1v) is 11.5. The molecular formula is C17H21N7OS3. The van der Waals surface area contributed by atoms with Crippen molar-refractivity contribution in [1.82, 2.24) is 25.2 Å². The molecule has 0 saturated carbocycles. The third-order valence-corrected chi connectivity index (χ3v) is 7.28. The number of thiazole rings is 2. The number of hydrazone groups is 1. The van der Waals surface area contributed by atoms with Crippen LogP contribution in [0.2, 0.25) is 0 Å². The molecule has 1 aliphatic heterocycles. The summed E-state index contributed by atoms with van der Waals surface area (Å²) in [5.74, 6) is 0.844. The fourth-order valence-electron chi connectivity index (χ4n) is 2.75. The predicted octanol–water partition coefficient (Wildman–Crippen LogP) is 3.21. The van der Waals surface area contributed by atoms with Crippen LogP contribution in [0.3, 0.4) is 0 Å². The van der Waals surface area contributed by atoms with Crippen LogP contribution >= 0.6 is 34.0 Å². The molecule has 4 heterocycles. The fraction of sp³-hybridized carbons (Fsp3) is 0.471. The van der Waals surface area contributed by atoms with E-state index in [1.807, 2.05) is 24.2 Å². The molecule has 2 N–H and O–H groups in total. The van der Waals surface area contributed by atoms with Crippen LogP contribution in [-0.4, -0.2) is 42.7 Å². The Morgan fingerprint density at radius 3 is 2.71 bits per heavy atom. The maximum absolute atomic E-state index is 10.9. The van der Waals surface area contributed by atoms with E-state index in [4.69, 9.17) is 0 Å². The topological polar surface area (TPSA) is 99.4 Å². The smallest absolute Gasteiger partial charge is 0.211 e. The highest BCUT2D eigenvalue weighted by molar-refractivity contribution is 7.16. The van der Waals surface area contributed by atoms with Gasteiger partial charge in [0, 0.05) is 23.7 Å². The van der Waals surface area contributed by atoms with Crippen molar-refractivity contribution >= 4 is 45.0 Å². The Morgan fingerprint density at radius 2 is 2.00 bits per heavy atom. The Balaban J connectivity index is 1.42. The van der Waals surface area contributed by atoms with Crippen molar-refractivity contribution in [2.45, 2.75) is 45.8 Å². The number of nitrogens with zero attached hydrogens (tertiary/aromatic N) is 6. The van der Waals surface area contributed by atoms with E-state index in [1.165, 1.54) is 22.7 Å². The number of hydrogen-bond acceptors (Lipinski definition) is 11. The van der Waals surface area contributed by atoms with E-state index in [2.05, 4.69) is 36.0 Å². The summed E-state index contributed by atoms with van der Waals surface area (Å²) in [7, 11) is 0. The molecule has 0 aliphatic carbocycles. The van der Waals surface area contributed by atoms with E-state index >= 15 is 0 Å². The van der Waals surface area contributed by atoms with Gasteiger partial charge in [0.25, 0.3) is 0 Å². The number of aromatic nitrogens is 4. The average molecular weight is 436 g/mol. The van der Waals surface area contributed by atoms with Crippen molar-refractivity contribution < 1.29 is 5.11 Å². The molecule has 1 aliphatic rings. The Labute approximate surface area is 175 Å². The number of aliphatic hydroxyl groups is 1. The number of aryl methyl sites for hydroxylation is 2. The van der Waals surface area contributed by atoms with Crippen LogP contribution in [0.1, 0.15) is 46.7 Å².